The Morgan fingerprint density at radius 1 is 1.25 bits per heavy atom. The van der Waals surface area contributed by atoms with Gasteiger partial charge in [-0.15, -0.1) is 0 Å². The molecule has 1 heterocycles. The summed E-state index contributed by atoms with van der Waals surface area (Å²) < 4.78 is 0. The van der Waals surface area contributed by atoms with Gasteiger partial charge in [0.05, 0.1) is 0 Å². The largest absolute Gasteiger partial charge is 0.342 e. The summed E-state index contributed by atoms with van der Waals surface area (Å²) in [4.78, 5) is 14.5. The number of rotatable bonds is 2. The average molecular weight is 242 g/mol. The van der Waals surface area contributed by atoms with E-state index in [0.717, 1.165) is 38.1 Å². The number of hydrogen-bond acceptors (Lipinski definition) is 3. The normalized spacial score (nSPS) is 31.4. The van der Waals surface area contributed by atoms with E-state index in [-0.39, 0.29) is 5.92 Å². The van der Waals surface area contributed by atoms with E-state index in [4.69, 9.17) is 5.73 Å². The van der Waals surface area contributed by atoms with Gasteiger partial charge in [0.2, 0.25) is 5.91 Å². The minimum Gasteiger partial charge on any atom is -0.342 e. The lowest BCUT2D eigenvalue weighted by molar-refractivity contribution is -0.136. The van der Waals surface area contributed by atoms with Crippen LogP contribution in [0.3, 0.4) is 0 Å². The summed E-state index contributed by atoms with van der Waals surface area (Å²) in [5.41, 5.74) is 5.75. The molecule has 2 N–H and O–H groups in total. The van der Waals surface area contributed by atoms with Gasteiger partial charge in [-0.25, -0.2) is 0 Å². The number of amides is 1. The molecule has 16 heavy (non-hydrogen) atoms. The van der Waals surface area contributed by atoms with Crippen molar-refractivity contribution in [3.8, 4) is 0 Å². The maximum absolute atomic E-state index is 12.4. The number of nitrogens with zero attached hydrogens (tertiary/aromatic N) is 1. The van der Waals surface area contributed by atoms with Crippen LogP contribution in [-0.2, 0) is 4.79 Å². The molecule has 3 nitrogen and oxygen atoms in total. The average Bonchev–Trinajstić information content (AvgIpc) is 2.61. The molecule has 1 aliphatic carbocycles. The van der Waals surface area contributed by atoms with Crippen molar-refractivity contribution in [1.82, 2.24) is 4.90 Å². The first kappa shape index (κ1) is 12.2. The lowest BCUT2D eigenvalue weighted by Gasteiger charge is -2.26. The van der Waals surface area contributed by atoms with Crippen LogP contribution < -0.4 is 5.73 Å². The summed E-state index contributed by atoms with van der Waals surface area (Å²) in [7, 11) is 0. The highest BCUT2D eigenvalue weighted by molar-refractivity contribution is 7.99. The van der Waals surface area contributed by atoms with Gasteiger partial charge in [-0.1, -0.05) is 6.42 Å². The lowest BCUT2D eigenvalue weighted by atomic mass is 9.94. The Kier molecular flexibility index (Phi) is 4.53. The Hall–Kier alpha value is -0.220. The summed E-state index contributed by atoms with van der Waals surface area (Å²) >= 11 is 1.97. The molecule has 0 aromatic carbocycles. The smallest absolute Gasteiger partial charge is 0.226 e. The Bertz CT molecular complexity index is 239. The van der Waals surface area contributed by atoms with Crippen molar-refractivity contribution in [2.45, 2.75) is 25.7 Å². The van der Waals surface area contributed by atoms with Crippen molar-refractivity contribution >= 4 is 17.7 Å². The lowest BCUT2D eigenvalue weighted by Crippen LogP contribution is -2.40. The molecule has 1 saturated heterocycles. The molecule has 2 unspecified atom stereocenters. The first-order valence-corrected chi connectivity index (χ1v) is 7.55. The van der Waals surface area contributed by atoms with Gasteiger partial charge in [-0.2, -0.15) is 11.8 Å². The molecule has 0 bridgehead atoms. The van der Waals surface area contributed by atoms with Gasteiger partial charge in [0.15, 0.2) is 0 Å². The zero-order valence-electron chi connectivity index (χ0n) is 9.86. The van der Waals surface area contributed by atoms with Crippen LogP contribution in [0.1, 0.15) is 25.7 Å². The van der Waals surface area contributed by atoms with Crippen molar-refractivity contribution < 1.29 is 4.79 Å². The maximum atomic E-state index is 12.4. The molecule has 0 aromatic rings. The third-order valence-electron chi connectivity index (χ3n) is 3.81. The molecular weight excluding hydrogens is 220 g/mol. The van der Waals surface area contributed by atoms with Gasteiger partial charge in [0, 0.05) is 24.8 Å². The third kappa shape index (κ3) is 2.72. The summed E-state index contributed by atoms with van der Waals surface area (Å²) in [5.74, 6) is 3.37. The summed E-state index contributed by atoms with van der Waals surface area (Å²) in [6.45, 7) is 2.58. The highest BCUT2D eigenvalue weighted by Crippen LogP contribution is 2.32. The molecule has 2 atom stereocenters. The zero-order chi connectivity index (χ0) is 11.4. The van der Waals surface area contributed by atoms with E-state index < -0.39 is 0 Å². The molecule has 4 heteroatoms. The Labute approximate surface area is 102 Å². The van der Waals surface area contributed by atoms with Gasteiger partial charge >= 0.3 is 0 Å². The predicted molar refractivity (Wildman–Crippen MR) is 68.4 cm³/mol. The van der Waals surface area contributed by atoms with Crippen LogP contribution in [0.25, 0.3) is 0 Å². The molecule has 0 spiro atoms. The van der Waals surface area contributed by atoms with Gasteiger partial charge in [0.1, 0.15) is 0 Å². The molecule has 0 radical (unpaired) electrons. The fourth-order valence-electron chi connectivity index (χ4n) is 2.85. The number of hydrogen-bond donors (Lipinski definition) is 1. The fourth-order valence-corrected chi connectivity index (χ4v) is 3.73. The van der Waals surface area contributed by atoms with Crippen LogP contribution in [0.4, 0.5) is 0 Å². The van der Waals surface area contributed by atoms with E-state index in [1.807, 2.05) is 11.8 Å². The molecule has 1 aliphatic heterocycles. The standard InChI is InChI=1S/C12H22N2OS/c13-9-10-3-1-4-11(10)12(15)14-5-2-7-16-8-6-14/h10-11H,1-9,13H2. The van der Waals surface area contributed by atoms with Crippen molar-refractivity contribution in [3.05, 3.63) is 0 Å². The second-order valence-electron chi connectivity index (χ2n) is 4.82. The van der Waals surface area contributed by atoms with E-state index in [2.05, 4.69) is 4.90 Å². The van der Waals surface area contributed by atoms with Crippen molar-refractivity contribution in [2.24, 2.45) is 17.6 Å². The molecule has 1 saturated carbocycles. The molecule has 92 valence electrons. The quantitative estimate of drug-likeness (QED) is 0.794. The first-order valence-electron chi connectivity index (χ1n) is 6.39. The van der Waals surface area contributed by atoms with Crippen LogP contribution in [-0.4, -0.2) is 41.9 Å². The minimum atomic E-state index is 0.230. The number of carbonyl (C=O) groups is 1. The van der Waals surface area contributed by atoms with Gasteiger partial charge in [0.25, 0.3) is 0 Å². The maximum Gasteiger partial charge on any atom is 0.226 e. The van der Waals surface area contributed by atoms with E-state index >= 15 is 0 Å². The number of carbonyl (C=O) groups excluding carboxylic acids is 1. The van der Waals surface area contributed by atoms with Crippen molar-refractivity contribution in [3.63, 3.8) is 0 Å². The SMILES string of the molecule is NCC1CCCC1C(=O)N1CCCSCC1. The van der Waals surface area contributed by atoms with Crippen LogP contribution in [0.5, 0.6) is 0 Å². The fraction of sp³-hybridized carbons (Fsp3) is 0.917. The van der Waals surface area contributed by atoms with Crippen LogP contribution >= 0.6 is 11.8 Å². The van der Waals surface area contributed by atoms with Crippen LogP contribution in [0.2, 0.25) is 0 Å². The minimum absolute atomic E-state index is 0.230. The predicted octanol–water partition coefficient (Wildman–Crippen LogP) is 1.33. The van der Waals surface area contributed by atoms with Crippen LogP contribution in [0.15, 0.2) is 0 Å². The van der Waals surface area contributed by atoms with E-state index in [9.17, 15) is 4.79 Å². The van der Waals surface area contributed by atoms with E-state index in [1.165, 1.54) is 12.2 Å². The first-order chi connectivity index (χ1) is 7.83. The second-order valence-corrected chi connectivity index (χ2v) is 6.05. The zero-order valence-corrected chi connectivity index (χ0v) is 10.7. The molecular formula is C12H22N2OS. The summed E-state index contributed by atoms with van der Waals surface area (Å²) in [6, 6.07) is 0. The monoisotopic (exact) mass is 242 g/mol. The molecule has 2 rings (SSSR count). The third-order valence-corrected chi connectivity index (χ3v) is 4.86. The molecule has 2 fully saturated rings. The Morgan fingerprint density at radius 2 is 2.12 bits per heavy atom. The topological polar surface area (TPSA) is 46.3 Å². The van der Waals surface area contributed by atoms with Crippen molar-refractivity contribution in [2.75, 3.05) is 31.1 Å². The van der Waals surface area contributed by atoms with Gasteiger partial charge in [-0.3, -0.25) is 4.79 Å². The number of nitrogens with two attached hydrogens (primary N) is 1. The Morgan fingerprint density at radius 3 is 2.94 bits per heavy atom. The van der Waals surface area contributed by atoms with E-state index in [0.29, 0.717) is 18.4 Å². The molecule has 2 aliphatic rings. The van der Waals surface area contributed by atoms with Crippen molar-refractivity contribution in [1.29, 1.82) is 0 Å². The molecule has 0 aromatic heterocycles. The summed E-state index contributed by atoms with van der Waals surface area (Å²) in [5, 5.41) is 0. The molecule has 1 amide bonds. The Balaban J connectivity index is 1.94. The van der Waals surface area contributed by atoms with E-state index in [1.54, 1.807) is 0 Å². The summed E-state index contributed by atoms with van der Waals surface area (Å²) in [6.07, 6.45) is 4.54. The van der Waals surface area contributed by atoms with Crippen LogP contribution in [0, 0.1) is 11.8 Å². The van der Waals surface area contributed by atoms with Gasteiger partial charge in [-0.05, 0) is 37.5 Å². The number of thioether (sulfide) groups is 1. The van der Waals surface area contributed by atoms with Gasteiger partial charge < -0.3 is 10.6 Å². The highest BCUT2D eigenvalue weighted by atomic mass is 32.2. The highest BCUT2D eigenvalue weighted by Gasteiger charge is 2.34. The second kappa shape index (κ2) is 5.92.